The fourth-order valence-electron chi connectivity index (χ4n) is 1.60. The number of nitriles is 1. The summed E-state index contributed by atoms with van der Waals surface area (Å²) in [4.78, 5) is 12.1. The highest BCUT2D eigenvalue weighted by Crippen LogP contribution is 2.24. The van der Waals surface area contributed by atoms with Crippen LogP contribution in [0.2, 0.25) is 5.02 Å². The van der Waals surface area contributed by atoms with E-state index in [4.69, 9.17) is 22.6 Å². The molecule has 0 radical (unpaired) electrons. The van der Waals surface area contributed by atoms with Crippen molar-refractivity contribution in [1.29, 1.82) is 5.26 Å². The van der Waals surface area contributed by atoms with Crippen molar-refractivity contribution in [3.63, 3.8) is 0 Å². The van der Waals surface area contributed by atoms with Crippen molar-refractivity contribution in [1.82, 2.24) is 0 Å². The zero-order valence-electron chi connectivity index (χ0n) is 10.2. The summed E-state index contributed by atoms with van der Waals surface area (Å²) in [6.07, 6.45) is 0. The highest BCUT2D eigenvalue weighted by Gasteiger charge is 2.11. The molecule has 0 heterocycles. The van der Waals surface area contributed by atoms with E-state index in [2.05, 4.69) is 21.2 Å². The highest BCUT2D eigenvalue weighted by molar-refractivity contribution is 9.10. The molecule has 0 spiro atoms. The van der Waals surface area contributed by atoms with Gasteiger partial charge in [-0.1, -0.05) is 11.6 Å². The van der Waals surface area contributed by atoms with Crippen LogP contribution in [0.1, 0.15) is 15.9 Å². The van der Waals surface area contributed by atoms with Gasteiger partial charge in [-0.15, -0.1) is 0 Å². The maximum Gasteiger partial charge on any atom is 0.255 e. The van der Waals surface area contributed by atoms with Crippen molar-refractivity contribution in [2.45, 2.75) is 0 Å². The lowest BCUT2D eigenvalue weighted by atomic mass is 10.1. The summed E-state index contributed by atoms with van der Waals surface area (Å²) in [5.74, 6) is -0.347. The van der Waals surface area contributed by atoms with E-state index in [0.717, 1.165) is 0 Å². The lowest BCUT2D eigenvalue weighted by molar-refractivity contribution is 0.102. The molecule has 0 aliphatic carbocycles. The normalized spacial score (nSPS) is 9.85. The molecule has 0 aliphatic heterocycles. The number of hydrogen-bond acceptors (Lipinski definition) is 3. The minimum absolute atomic E-state index is 0.307. The number of carbonyl (C=O) groups is 1. The van der Waals surface area contributed by atoms with Crippen LogP contribution in [-0.4, -0.2) is 5.91 Å². The fraction of sp³-hybridized carbons (Fsp3) is 0. The SMILES string of the molecule is N#Cc1cc(N)ccc1NC(=O)c1ccc(Br)c(Cl)c1. The summed E-state index contributed by atoms with van der Waals surface area (Å²) in [6, 6.07) is 11.6. The Hall–Kier alpha value is -2.03. The predicted molar refractivity (Wildman–Crippen MR) is 82.7 cm³/mol. The molecule has 0 fully saturated rings. The van der Waals surface area contributed by atoms with E-state index in [1.54, 1.807) is 30.3 Å². The van der Waals surface area contributed by atoms with Crippen molar-refractivity contribution < 1.29 is 4.79 Å². The first-order valence-electron chi connectivity index (χ1n) is 5.57. The molecule has 2 rings (SSSR count). The molecule has 100 valence electrons. The molecule has 6 heteroatoms. The first-order valence-corrected chi connectivity index (χ1v) is 6.74. The van der Waals surface area contributed by atoms with Gasteiger partial charge in [0.1, 0.15) is 6.07 Å². The van der Waals surface area contributed by atoms with E-state index >= 15 is 0 Å². The fourth-order valence-corrected chi connectivity index (χ4v) is 2.02. The van der Waals surface area contributed by atoms with Crippen LogP contribution in [0.5, 0.6) is 0 Å². The van der Waals surface area contributed by atoms with Crippen LogP contribution in [0.3, 0.4) is 0 Å². The van der Waals surface area contributed by atoms with Crippen molar-refractivity contribution >= 4 is 44.8 Å². The van der Waals surface area contributed by atoms with E-state index in [1.807, 2.05) is 6.07 Å². The molecule has 1 amide bonds. The molecule has 4 nitrogen and oxygen atoms in total. The first kappa shape index (κ1) is 14.4. The van der Waals surface area contributed by atoms with Crippen molar-refractivity contribution in [3.8, 4) is 6.07 Å². The summed E-state index contributed by atoms with van der Waals surface area (Å²) in [5.41, 5.74) is 7.18. The Morgan fingerprint density at radius 3 is 2.70 bits per heavy atom. The van der Waals surface area contributed by atoms with Gasteiger partial charge in [0, 0.05) is 15.7 Å². The van der Waals surface area contributed by atoms with E-state index in [0.29, 0.717) is 32.0 Å². The molecule has 0 saturated carbocycles. The van der Waals surface area contributed by atoms with Crippen LogP contribution < -0.4 is 11.1 Å². The molecule has 0 atom stereocenters. The monoisotopic (exact) mass is 349 g/mol. The number of anilines is 2. The number of nitrogens with zero attached hydrogens (tertiary/aromatic N) is 1. The zero-order chi connectivity index (χ0) is 14.7. The highest BCUT2D eigenvalue weighted by atomic mass is 79.9. The molecule has 2 aromatic rings. The minimum atomic E-state index is -0.347. The Morgan fingerprint density at radius 1 is 1.30 bits per heavy atom. The van der Waals surface area contributed by atoms with E-state index in [1.165, 1.54) is 6.07 Å². The lowest BCUT2D eigenvalue weighted by Gasteiger charge is -2.08. The van der Waals surface area contributed by atoms with Crippen molar-refractivity contribution in [3.05, 3.63) is 57.0 Å². The Morgan fingerprint density at radius 2 is 2.05 bits per heavy atom. The molecule has 20 heavy (non-hydrogen) atoms. The van der Waals surface area contributed by atoms with Gasteiger partial charge in [0.2, 0.25) is 0 Å². The molecule has 3 N–H and O–H groups in total. The van der Waals surface area contributed by atoms with Gasteiger partial charge in [-0.25, -0.2) is 0 Å². The van der Waals surface area contributed by atoms with Crippen LogP contribution >= 0.6 is 27.5 Å². The number of halogens is 2. The summed E-state index contributed by atoms with van der Waals surface area (Å²) >= 11 is 9.20. The standard InChI is InChI=1S/C14H9BrClN3O/c15-11-3-1-8(6-12(11)16)14(20)19-13-4-2-10(18)5-9(13)7-17/h1-6H,18H2,(H,19,20). The number of amides is 1. The Bertz CT molecular complexity index is 725. The van der Waals surface area contributed by atoms with Crippen molar-refractivity contribution in [2.24, 2.45) is 0 Å². The van der Waals surface area contributed by atoms with Crippen LogP contribution in [0.25, 0.3) is 0 Å². The van der Waals surface area contributed by atoms with E-state index in [9.17, 15) is 4.79 Å². The van der Waals surface area contributed by atoms with Gasteiger partial charge >= 0.3 is 0 Å². The molecule has 0 aliphatic rings. The van der Waals surface area contributed by atoms with Gasteiger partial charge in [-0.2, -0.15) is 5.26 Å². The summed E-state index contributed by atoms with van der Waals surface area (Å²) in [5, 5.41) is 12.1. The number of rotatable bonds is 2. The molecule has 2 aromatic carbocycles. The van der Waals surface area contributed by atoms with Crippen LogP contribution in [0, 0.1) is 11.3 Å². The van der Waals surface area contributed by atoms with E-state index < -0.39 is 0 Å². The summed E-state index contributed by atoms with van der Waals surface area (Å²) in [7, 11) is 0. The largest absolute Gasteiger partial charge is 0.399 e. The van der Waals surface area contributed by atoms with Gasteiger partial charge < -0.3 is 11.1 Å². The third-order valence-corrected chi connectivity index (χ3v) is 3.83. The van der Waals surface area contributed by atoms with Gasteiger partial charge in [-0.3, -0.25) is 4.79 Å². The molecular weight excluding hydrogens is 342 g/mol. The van der Waals surface area contributed by atoms with Crippen LogP contribution in [0.15, 0.2) is 40.9 Å². The maximum atomic E-state index is 12.1. The lowest BCUT2D eigenvalue weighted by Crippen LogP contribution is -2.13. The van der Waals surface area contributed by atoms with Gasteiger partial charge in [0.25, 0.3) is 5.91 Å². The number of nitrogen functional groups attached to an aromatic ring is 1. The molecule has 0 bridgehead atoms. The topological polar surface area (TPSA) is 78.9 Å². The summed E-state index contributed by atoms with van der Waals surface area (Å²) < 4.78 is 0.709. The number of carbonyl (C=O) groups excluding carboxylic acids is 1. The van der Waals surface area contributed by atoms with Crippen LogP contribution in [-0.2, 0) is 0 Å². The Balaban J connectivity index is 2.28. The van der Waals surface area contributed by atoms with E-state index in [-0.39, 0.29) is 5.91 Å². The average Bonchev–Trinajstić information content (AvgIpc) is 2.43. The maximum absolute atomic E-state index is 12.1. The second kappa shape index (κ2) is 5.95. The summed E-state index contributed by atoms with van der Waals surface area (Å²) in [6.45, 7) is 0. The smallest absolute Gasteiger partial charge is 0.255 e. The molecular formula is C14H9BrClN3O. The molecule has 0 unspecified atom stereocenters. The molecule has 0 aromatic heterocycles. The average molecular weight is 351 g/mol. The number of nitrogens with one attached hydrogen (secondary N) is 1. The van der Waals surface area contributed by atoms with Crippen molar-refractivity contribution in [2.75, 3.05) is 11.1 Å². The Kier molecular flexibility index (Phi) is 4.28. The first-order chi connectivity index (χ1) is 9.51. The zero-order valence-corrected chi connectivity index (χ0v) is 12.5. The quantitative estimate of drug-likeness (QED) is 0.808. The Labute approximate surface area is 129 Å². The number of nitrogens with two attached hydrogens (primary N) is 1. The van der Waals surface area contributed by atoms with Crippen LogP contribution in [0.4, 0.5) is 11.4 Å². The second-order valence-corrected chi connectivity index (χ2v) is 5.26. The predicted octanol–water partition coefficient (Wildman–Crippen LogP) is 3.81. The second-order valence-electron chi connectivity index (χ2n) is 4.00. The number of hydrogen-bond donors (Lipinski definition) is 2. The van der Waals surface area contributed by atoms with Gasteiger partial charge in [0.15, 0.2) is 0 Å². The van der Waals surface area contributed by atoms with Gasteiger partial charge in [0.05, 0.1) is 16.3 Å². The number of benzene rings is 2. The van der Waals surface area contributed by atoms with Gasteiger partial charge in [-0.05, 0) is 52.3 Å². The molecule has 0 saturated heterocycles. The minimum Gasteiger partial charge on any atom is -0.399 e. The third-order valence-electron chi connectivity index (χ3n) is 2.59. The third kappa shape index (κ3) is 3.10.